The highest BCUT2D eigenvalue weighted by atomic mass is 79.9. The average Bonchev–Trinajstić information content (AvgIpc) is 2.33. The first-order valence-corrected chi connectivity index (χ1v) is 6.96. The van der Waals surface area contributed by atoms with Crippen molar-refractivity contribution >= 4 is 39.1 Å². The van der Waals surface area contributed by atoms with E-state index in [1.165, 1.54) is 18.2 Å². The van der Waals surface area contributed by atoms with Crippen LogP contribution >= 0.6 is 39.1 Å². The minimum Gasteiger partial charge on any atom is -0.455 e. The average molecular weight is 350 g/mol. The minimum atomic E-state index is -0.404. The first-order chi connectivity index (χ1) is 8.61. The summed E-state index contributed by atoms with van der Waals surface area (Å²) in [5, 5.41) is 1.37. The molecule has 0 heterocycles. The molecule has 18 heavy (non-hydrogen) atoms. The van der Waals surface area contributed by atoms with E-state index in [1.807, 2.05) is 0 Å². The van der Waals surface area contributed by atoms with Gasteiger partial charge in [-0.05, 0) is 30.3 Å². The first-order valence-electron chi connectivity index (χ1n) is 5.08. The third-order valence-electron chi connectivity index (χ3n) is 2.32. The van der Waals surface area contributed by atoms with Crippen LogP contribution in [0.1, 0.15) is 5.56 Å². The molecule has 2 rings (SSSR count). The fourth-order valence-corrected chi connectivity index (χ4v) is 2.62. The highest BCUT2D eigenvalue weighted by Gasteiger charge is 2.10. The lowest BCUT2D eigenvalue weighted by atomic mass is 10.2. The molecule has 0 atom stereocenters. The van der Waals surface area contributed by atoms with Crippen LogP contribution in [0, 0.1) is 5.82 Å². The Kier molecular flexibility index (Phi) is 4.49. The molecule has 0 radical (unpaired) electrons. The Balaban J connectivity index is 2.37. The van der Waals surface area contributed by atoms with Crippen molar-refractivity contribution in [3.05, 3.63) is 57.8 Å². The van der Waals surface area contributed by atoms with E-state index in [0.717, 1.165) is 5.56 Å². The van der Waals surface area contributed by atoms with Crippen LogP contribution in [0.3, 0.4) is 0 Å². The van der Waals surface area contributed by atoms with E-state index in [-0.39, 0.29) is 5.02 Å². The van der Waals surface area contributed by atoms with E-state index in [4.69, 9.17) is 27.9 Å². The van der Waals surface area contributed by atoms with Crippen molar-refractivity contribution in [3.63, 3.8) is 0 Å². The van der Waals surface area contributed by atoms with Gasteiger partial charge in [0.1, 0.15) is 17.3 Å². The second-order valence-electron chi connectivity index (χ2n) is 3.53. The highest BCUT2D eigenvalue weighted by Crippen LogP contribution is 2.35. The molecular formula is C13H8BrCl2FO. The van der Waals surface area contributed by atoms with Crippen molar-refractivity contribution in [2.45, 2.75) is 5.33 Å². The second kappa shape index (κ2) is 5.91. The summed E-state index contributed by atoms with van der Waals surface area (Å²) in [7, 11) is 0. The lowest BCUT2D eigenvalue weighted by Crippen LogP contribution is -1.91. The predicted octanol–water partition coefficient (Wildman–Crippen LogP) is 5.82. The molecule has 0 aliphatic carbocycles. The summed E-state index contributed by atoms with van der Waals surface area (Å²) in [6.07, 6.45) is 0. The standard InChI is InChI=1S/C13H8BrCl2FO/c14-7-9-10(15)2-1-3-12(9)18-13-5-4-8(17)6-11(13)16/h1-6H,7H2. The Morgan fingerprint density at radius 1 is 1.06 bits per heavy atom. The van der Waals surface area contributed by atoms with Crippen molar-refractivity contribution in [3.8, 4) is 11.5 Å². The summed E-state index contributed by atoms with van der Waals surface area (Å²) in [6.45, 7) is 0. The van der Waals surface area contributed by atoms with Gasteiger partial charge in [-0.2, -0.15) is 0 Å². The number of rotatable bonds is 3. The van der Waals surface area contributed by atoms with Gasteiger partial charge in [0, 0.05) is 15.9 Å². The highest BCUT2D eigenvalue weighted by molar-refractivity contribution is 9.08. The van der Waals surface area contributed by atoms with Crippen LogP contribution in [-0.2, 0) is 5.33 Å². The Morgan fingerprint density at radius 3 is 2.50 bits per heavy atom. The number of hydrogen-bond donors (Lipinski definition) is 0. The molecule has 94 valence electrons. The fraction of sp³-hybridized carbons (Fsp3) is 0.0769. The number of halogens is 4. The van der Waals surface area contributed by atoms with E-state index in [1.54, 1.807) is 18.2 Å². The van der Waals surface area contributed by atoms with Crippen LogP contribution in [-0.4, -0.2) is 0 Å². The predicted molar refractivity (Wildman–Crippen MR) is 75.6 cm³/mol. The van der Waals surface area contributed by atoms with Gasteiger partial charge in [-0.1, -0.05) is 45.2 Å². The fourth-order valence-electron chi connectivity index (χ4n) is 1.44. The third kappa shape index (κ3) is 2.97. The lowest BCUT2D eigenvalue weighted by molar-refractivity contribution is 0.477. The maximum Gasteiger partial charge on any atom is 0.146 e. The van der Waals surface area contributed by atoms with Crippen LogP contribution in [0.4, 0.5) is 4.39 Å². The van der Waals surface area contributed by atoms with Crippen molar-refractivity contribution < 1.29 is 9.13 Å². The van der Waals surface area contributed by atoms with E-state index >= 15 is 0 Å². The van der Waals surface area contributed by atoms with Crippen LogP contribution in [0.5, 0.6) is 11.5 Å². The van der Waals surface area contributed by atoms with Gasteiger partial charge in [0.25, 0.3) is 0 Å². The molecular weight excluding hydrogens is 342 g/mol. The quantitative estimate of drug-likeness (QED) is 0.634. The van der Waals surface area contributed by atoms with Crippen LogP contribution in [0.25, 0.3) is 0 Å². The van der Waals surface area contributed by atoms with Gasteiger partial charge in [-0.15, -0.1) is 0 Å². The number of benzene rings is 2. The largest absolute Gasteiger partial charge is 0.455 e. The van der Waals surface area contributed by atoms with E-state index in [0.29, 0.717) is 21.9 Å². The Labute approximate surface area is 123 Å². The van der Waals surface area contributed by atoms with Crippen molar-refractivity contribution in [2.75, 3.05) is 0 Å². The van der Waals surface area contributed by atoms with Crippen molar-refractivity contribution in [1.82, 2.24) is 0 Å². The Morgan fingerprint density at radius 2 is 1.83 bits per heavy atom. The molecule has 1 nitrogen and oxygen atoms in total. The summed E-state index contributed by atoms with van der Waals surface area (Å²) in [4.78, 5) is 0. The summed E-state index contributed by atoms with van der Waals surface area (Å²) < 4.78 is 18.6. The number of hydrogen-bond acceptors (Lipinski definition) is 1. The molecule has 0 amide bonds. The normalized spacial score (nSPS) is 10.4. The van der Waals surface area contributed by atoms with Crippen molar-refractivity contribution in [1.29, 1.82) is 0 Å². The van der Waals surface area contributed by atoms with Crippen LogP contribution in [0.15, 0.2) is 36.4 Å². The van der Waals surface area contributed by atoms with E-state index in [2.05, 4.69) is 15.9 Å². The zero-order valence-electron chi connectivity index (χ0n) is 9.09. The molecule has 0 aliphatic rings. The van der Waals surface area contributed by atoms with Gasteiger partial charge in [0.15, 0.2) is 0 Å². The number of alkyl halides is 1. The van der Waals surface area contributed by atoms with Gasteiger partial charge < -0.3 is 4.74 Å². The summed E-state index contributed by atoms with van der Waals surface area (Å²) in [5.74, 6) is 0.578. The van der Waals surface area contributed by atoms with Crippen LogP contribution < -0.4 is 4.74 Å². The Bertz CT molecular complexity index is 575. The van der Waals surface area contributed by atoms with Crippen LogP contribution in [0.2, 0.25) is 10.0 Å². The van der Waals surface area contributed by atoms with E-state index < -0.39 is 5.82 Å². The molecule has 0 N–H and O–H groups in total. The molecule has 2 aromatic carbocycles. The summed E-state index contributed by atoms with van der Waals surface area (Å²) >= 11 is 15.3. The SMILES string of the molecule is Fc1ccc(Oc2cccc(Cl)c2CBr)c(Cl)c1. The maximum absolute atomic E-state index is 12.9. The van der Waals surface area contributed by atoms with Gasteiger partial charge in [0.2, 0.25) is 0 Å². The molecule has 0 unspecified atom stereocenters. The lowest BCUT2D eigenvalue weighted by Gasteiger charge is -2.12. The molecule has 0 spiro atoms. The van der Waals surface area contributed by atoms with Gasteiger partial charge in [0.05, 0.1) is 5.02 Å². The molecule has 0 aliphatic heterocycles. The topological polar surface area (TPSA) is 9.23 Å². The zero-order chi connectivity index (χ0) is 13.1. The van der Waals surface area contributed by atoms with Crippen molar-refractivity contribution in [2.24, 2.45) is 0 Å². The minimum absolute atomic E-state index is 0.218. The molecule has 5 heteroatoms. The van der Waals surface area contributed by atoms with Gasteiger partial charge in [-0.3, -0.25) is 0 Å². The van der Waals surface area contributed by atoms with E-state index in [9.17, 15) is 4.39 Å². The number of ether oxygens (including phenoxy) is 1. The first kappa shape index (κ1) is 13.7. The molecule has 2 aromatic rings. The molecule has 0 saturated heterocycles. The van der Waals surface area contributed by atoms with Gasteiger partial charge in [-0.25, -0.2) is 4.39 Å². The molecule has 0 aromatic heterocycles. The molecule has 0 saturated carbocycles. The molecule has 0 fully saturated rings. The monoisotopic (exact) mass is 348 g/mol. The van der Waals surface area contributed by atoms with Gasteiger partial charge >= 0.3 is 0 Å². The molecule has 0 bridgehead atoms. The zero-order valence-corrected chi connectivity index (χ0v) is 12.2. The summed E-state index contributed by atoms with van der Waals surface area (Å²) in [5.41, 5.74) is 0.819. The Hall–Kier alpha value is -0.770. The second-order valence-corrected chi connectivity index (χ2v) is 4.90. The maximum atomic E-state index is 12.9. The summed E-state index contributed by atoms with van der Waals surface area (Å²) in [6, 6.07) is 9.31. The third-order valence-corrected chi connectivity index (χ3v) is 3.53. The smallest absolute Gasteiger partial charge is 0.146 e.